The number of pyridine rings is 1. The standard InChI is InChI=1S/C19H20BrN3O2/c1-25-10-2-9-23(13-14-5-7-21-8-6-14)19(24)18-12-15-11-16(20)3-4-17(15)22-18/h3-8,11-12,22H,2,9-10,13H2,1H3. The van der Waals surface area contributed by atoms with Crippen molar-refractivity contribution in [3.05, 3.63) is 64.5 Å². The molecule has 0 saturated heterocycles. The van der Waals surface area contributed by atoms with Crippen LogP contribution in [0.1, 0.15) is 22.5 Å². The quantitative estimate of drug-likeness (QED) is 0.608. The SMILES string of the molecule is COCCCN(Cc1ccncc1)C(=O)c1cc2cc(Br)ccc2[nH]1. The number of amides is 1. The summed E-state index contributed by atoms with van der Waals surface area (Å²) in [5, 5.41) is 1.01. The zero-order chi connectivity index (χ0) is 17.6. The fourth-order valence-electron chi connectivity index (χ4n) is 2.75. The Labute approximate surface area is 155 Å². The van der Waals surface area contributed by atoms with E-state index < -0.39 is 0 Å². The maximum atomic E-state index is 13.0. The first kappa shape index (κ1) is 17.6. The third kappa shape index (κ3) is 4.46. The molecule has 1 amide bonds. The number of benzene rings is 1. The molecule has 5 nitrogen and oxygen atoms in total. The van der Waals surface area contributed by atoms with Crippen LogP contribution < -0.4 is 0 Å². The highest BCUT2D eigenvalue weighted by Crippen LogP contribution is 2.21. The molecule has 2 heterocycles. The number of hydrogen-bond acceptors (Lipinski definition) is 3. The summed E-state index contributed by atoms with van der Waals surface area (Å²) in [6, 6.07) is 11.7. The fourth-order valence-corrected chi connectivity index (χ4v) is 3.13. The molecular weight excluding hydrogens is 382 g/mol. The largest absolute Gasteiger partial charge is 0.385 e. The van der Waals surface area contributed by atoms with E-state index in [1.54, 1.807) is 19.5 Å². The van der Waals surface area contributed by atoms with Gasteiger partial charge in [0.15, 0.2) is 0 Å². The molecule has 6 heteroatoms. The first-order valence-electron chi connectivity index (χ1n) is 8.13. The van der Waals surface area contributed by atoms with E-state index in [4.69, 9.17) is 4.74 Å². The Balaban J connectivity index is 1.83. The molecule has 0 fully saturated rings. The van der Waals surface area contributed by atoms with Gasteiger partial charge in [0.05, 0.1) is 0 Å². The summed E-state index contributed by atoms with van der Waals surface area (Å²) in [5.41, 5.74) is 2.60. The van der Waals surface area contributed by atoms with Crippen molar-refractivity contribution in [1.82, 2.24) is 14.9 Å². The molecule has 0 saturated carbocycles. The number of carbonyl (C=O) groups excluding carboxylic acids is 1. The average Bonchev–Trinajstić information content (AvgIpc) is 3.04. The zero-order valence-electron chi connectivity index (χ0n) is 14.0. The number of H-pyrrole nitrogens is 1. The zero-order valence-corrected chi connectivity index (χ0v) is 15.6. The lowest BCUT2D eigenvalue weighted by Gasteiger charge is -2.22. The lowest BCUT2D eigenvalue weighted by molar-refractivity contribution is 0.0718. The van der Waals surface area contributed by atoms with E-state index in [1.807, 2.05) is 41.3 Å². The van der Waals surface area contributed by atoms with Crippen LogP contribution in [0.15, 0.2) is 53.3 Å². The van der Waals surface area contributed by atoms with E-state index in [2.05, 4.69) is 25.9 Å². The Hall–Kier alpha value is -2.18. The topological polar surface area (TPSA) is 58.2 Å². The highest BCUT2D eigenvalue weighted by Gasteiger charge is 2.18. The number of aromatic amines is 1. The number of fused-ring (bicyclic) bond motifs is 1. The van der Waals surface area contributed by atoms with E-state index in [1.165, 1.54) is 0 Å². The Kier molecular flexibility index (Phi) is 5.83. The molecule has 0 aliphatic rings. The number of ether oxygens (including phenoxy) is 1. The van der Waals surface area contributed by atoms with Gasteiger partial charge in [-0.15, -0.1) is 0 Å². The fraction of sp³-hybridized carbons (Fsp3) is 0.263. The molecule has 0 unspecified atom stereocenters. The van der Waals surface area contributed by atoms with Crippen molar-refractivity contribution in [3.63, 3.8) is 0 Å². The second-order valence-corrected chi connectivity index (χ2v) is 6.76. The van der Waals surface area contributed by atoms with Crippen LogP contribution in [0.4, 0.5) is 0 Å². The highest BCUT2D eigenvalue weighted by atomic mass is 79.9. The number of carbonyl (C=O) groups is 1. The first-order valence-corrected chi connectivity index (χ1v) is 8.92. The number of methoxy groups -OCH3 is 1. The minimum Gasteiger partial charge on any atom is -0.385 e. The Morgan fingerprint density at radius 1 is 1.24 bits per heavy atom. The predicted octanol–water partition coefficient (Wildman–Crippen LogP) is 4.00. The Morgan fingerprint density at radius 3 is 2.80 bits per heavy atom. The van der Waals surface area contributed by atoms with Crippen molar-refractivity contribution in [2.75, 3.05) is 20.3 Å². The van der Waals surface area contributed by atoms with Gasteiger partial charge in [-0.05, 0) is 48.4 Å². The summed E-state index contributed by atoms with van der Waals surface area (Å²) in [4.78, 5) is 22.1. The number of nitrogens with zero attached hydrogens (tertiary/aromatic N) is 2. The van der Waals surface area contributed by atoms with Gasteiger partial charge in [0.25, 0.3) is 5.91 Å². The summed E-state index contributed by atoms with van der Waals surface area (Å²) in [6.07, 6.45) is 4.28. The first-order chi connectivity index (χ1) is 12.2. The number of nitrogens with one attached hydrogen (secondary N) is 1. The van der Waals surface area contributed by atoms with Crippen molar-refractivity contribution in [1.29, 1.82) is 0 Å². The molecule has 0 radical (unpaired) electrons. The summed E-state index contributed by atoms with van der Waals surface area (Å²) < 4.78 is 6.12. The van der Waals surface area contributed by atoms with Gasteiger partial charge in [-0.25, -0.2) is 0 Å². The molecule has 3 aromatic rings. The minimum atomic E-state index is -0.0137. The minimum absolute atomic E-state index is 0.0137. The second kappa shape index (κ2) is 8.27. The number of aromatic nitrogens is 2. The lowest BCUT2D eigenvalue weighted by atomic mass is 10.2. The molecule has 0 bridgehead atoms. The molecule has 25 heavy (non-hydrogen) atoms. The van der Waals surface area contributed by atoms with Crippen molar-refractivity contribution in [2.24, 2.45) is 0 Å². The van der Waals surface area contributed by atoms with Gasteiger partial charge in [0.2, 0.25) is 0 Å². The normalized spacial score (nSPS) is 11.0. The third-order valence-electron chi connectivity index (χ3n) is 4.00. The summed E-state index contributed by atoms with van der Waals surface area (Å²) in [6.45, 7) is 1.80. The molecule has 0 aliphatic carbocycles. The maximum Gasteiger partial charge on any atom is 0.270 e. The molecule has 0 spiro atoms. The van der Waals surface area contributed by atoms with Crippen LogP contribution in [-0.4, -0.2) is 41.0 Å². The van der Waals surface area contributed by atoms with Crippen LogP contribution in [0.3, 0.4) is 0 Å². The molecule has 0 atom stereocenters. The number of hydrogen-bond donors (Lipinski definition) is 1. The van der Waals surface area contributed by atoms with E-state index in [0.29, 0.717) is 25.4 Å². The monoisotopic (exact) mass is 401 g/mol. The van der Waals surface area contributed by atoms with Gasteiger partial charge in [0, 0.05) is 54.6 Å². The smallest absolute Gasteiger partial charge is 0.270 e. The van der Waals surface area contributed by atoms with E-state index >= 15 is 0 Å². The Bertz CT molecular complexity index is 848. The third-order valence-corrected chi connectivity index (χ3v) is 4.49. The lowest BCUT2D eigenvalue weighted by Crippen LogP contribution is -2.32. The van der Waals surface area contributed by atoms with Crippen LogP contribution in [0.25, 0.3) is 10.9 Å². The van der Waals surface area contributed by atoms with Crippen molar-refractivity contribution in [2.45, 2.75) is 13.0 Å². The molecule has 130 valence electrons. The highest BCUT2D eigenvalue weighted by molar-refractivity contribution is 9.10. The van der Waals surface area contributed by atoms with Crippen LogP contribution >= 0.6 is 15.9 Å². The van der Waals surface area contributed by atoms with Crippen molar-refractivity contribution >= 4 is 32.7 Å². The molecular formula is C19H20BrN3O2. The molecule has 1 N–H and O–H groups in total. The van der Waals surface area contributed by atoms with Crippen LogP contribution in [0, 0.1) is 0 Å². The number of halogens is 1. The predicted molar refractivity (Wildman–Crippen MR) is 101 cm³/mol. The van der Waals surface area contributed by atoms with Gasteiger partial charge < -0.3 is 14.6 Å². The number of rotatable bonds is 7. The average molecular weight is 402 g/mol. The molecule has 3 rings (SSSR count). The van der Waals surface area contributed by atoms with Gasteiger partial charge in [-0.3, -0.25) is 9.78 Å². The van der Waals surface area contributed by atoms with Crippen molar-refractivity contribution in [3.8, 4) is 0 Å². The van der Waals surface area contributed by atoms with Gasteiger partial charge in [-0.1, -0.05) is 15.9 Å². The summed E-state index contributed by atoms with van der Waals surface area (Å²) in [5.74, 6) is -0.0137. The van der Waals surface area contributed by atoms with Gasteiger partial charge in [-0.2, -0.15) is 0 Å². The maximum absolute atomic E-state index is 13.0. The van der Waals surface area contributed by atoms with Gasteiger partial charge in [0.1, 0.15) is 5.69 Å². The second-order valence-electron chi connectivity index (χ2n) is 5.84. The summed E-state index contributed by atoms with van der Waals surface area (Å²) >= 11 is 3.46. The molecule has 1 aromatic carbocycles. The summed E-state index contributed by atoms with van der Waals surface area (Å²) in [7, 11) is 1.67. The van der Waals surface area contributed by atoms with E-state index in [9.17, 15) is 4.79 Å². The van der Waals surface area contributed by atoms with Crippen LogP contribution in [0.5, 0.6) is 0 Å². The van der Waals surface area contributed by atoms with E-state index in [0.717, 1.165) is 27.4 Å². The van der Waals surface area contributed by atoms with E-state index in [-0.39, 0.29) is 5.91 Å². The molecule has 2 aromatic heterocycles. The Morgan fingerprint density at radius 2 is 2.04 bits per heavy atom. The van der Waals surface area contributed by atoms with Crippen molar-refractivity contribution < 1.29 is 9.53 Å². The van der Waals surface area contributed by atoms with Crippen LogP contribution in [0.2, 0.25) is 0 Å². The van der Waals surface area contributed by atoms with Gasteiger partial charge >= 0.3 is 0 Å². The molecule has 0 aliphatic heterocycles. The van der Waals surface area contributed by atoms with Crippen LogP contribution in [-0.2, 0) is 11.3 Å².